The molecule has 28 heavy (non-hydrogen) atoms. The van der Waals surface area contributed by atoms with Gasteiger partial charge in [0.15, 0.2) is 5.96 Å². The zero-order valence-corrected chi connectivity index (χ0v) is 18.2. The van der Waals surface area contributed by atoms with Crippen LogP contribution in [0.4, 0.5) is 0 Å². The van der Waals surface area contributed by atoms with Crippen LogP contribution in [0.15, 0.2) is 34.2 Å². The molecule has 0 amide bonds. The Morgan fingerprint density at radius 1 is 1.14 bits per heavy atom. The molecule has 1 saturated heterocycles. The van der Waals surface area contributed by atoms with E-state index in [1.165, 1.54) is 25.8 Å². The Morgan fingerprint density at radius 3 is 2.54 bits per heavy atom. The molecule has 0 radical (unpaired) electrons. The van der Waals surface area contributed by atoms with E-state index in [4.69, 9.17) is 0 Å². The van der Waals surface area contributed by atoms with E-state index >= 15 is 0 Å². The summed E-state index contributed by atoms with van der Waals surface area (Å²) in [4.78, 5) is 7.03. The predicted octanol–water partition coefficient (Wildman–Crippen LogP) is 1.70. The second kappa shape index (κ2) is 11.4. The Labute approximate surface area is 170 Å². The molecule has 1 heterocycles. The van der Waals surface area contributed by atoms with Crippen LogP contribution in [0.5, 0.6) is 0 Å². The summed E-state index contributed by atoms with van der Waals surface area (Å²) in [6.07, 6.45) is 5.01. The molecule has 158 valence electrons. The van der Waals surface area contributed by atoms with Gasteiger partial charge in [-0.1, -0.05) is 24.1 Å². The maximum absolute atomic E-state index is 12.3. The summed E-state index contributed by atoms with van der Waals surface area (Å²) in [6.45, 7) is 8.15. The first-order valence-electron chi connectivity index (χ1n) is 10.2. The molecule has 0 bridgehead atoms. The van der Waals surface area contributed by atoms with Gasteiger partial charge in [0.25, 0.3) is 0 Å². The summed E-state index contributed by atoms with van der Waals surface area (Å²) in [5, 5.41) is 6.44. The Bertz CT molecular complexity index is 719. The molecule has 3 N–H and O–H groups in total. The molecule has 0 aromatic heterocycles. The zero-order valence-electron chi connectivity index (χ0n) is 17.4. The van der Waals surface area contributed by atoms with Crippen molar-refractivity contribution in [1.82, 2.24) is 20.3 Å². The summed E-state index contributed by atoms with van der Waals surface area (Å²) in [7, 11) is -1.76. The average Bonchev–Trinajstić information content (AvgIpc) is 2.68. The van der Waals surface area contributed by atoms with Gasteiger partial charge in [-0.05, 0) is 51.8 Å². The fraction of sp³-hybridized carbons (Fsp3) is 0.650. The standard InChI is InChI=1S/C20H35N5O2S/c1-17-8-10-19(11-9-17)28(26,27)24-14-13-23-20(21-3)22-12-6-16-25-15-5-4-7-18(25)2/h8-11,18,24H,4-7,12-16H2,1-3H3,(H2,21,22,23). The first-order valence-corrected chi connectivity index (χ1v) is 11.7. The molecule has 1 atom stereocenters. The lowest BCUT2D eigenvalue weighted by molar-refractivity contribution is 0.159. The van der Waals surface area contributed by atoms with E-state index in [-0.39, 0.29) is 4.90 Å². The van der Waals surface area contributed by atoms with Gasteiger partial charge in [0.2, 0.25) is 10.0 Å². The third-order valence-electron chi connectivity index (χ3n) is 5.12. The van der Waals surface area contributed by atoms with Crippen molar-refractivity contribution in [3.8, 4) is 0 Å². The molecule has 7 nitrogen and oxygen atoms in total. The second-order valence-corrected chi connectivity index (χ2v) is 9.14. The summed E-state index contributed by atoms with van der Waals surface area (Å²) in [5.41, 5.74) is 1.03. The van der Waals surface area contributed by atoms with Crippen LogP contribution in [-0.4, -0.2) is 65.1 Å². The highest BCUT2D eigenvalue weighted by atomic mass is 32.2. The molecule has 8 heteroatoms. The molecule has 1 aliphatic rings. The van der Waals surface area contributed by atoms with Crippen LogP contribution in [0.3, 0.4) is 0 Å². The van der Waals surface area contributed by atoms with Gasteiger partial charge in [0, 0.05) is 39.3 Å². The Kier molecular flexibility index (Phi) is 9.21. The van der Waals surface area contributed by atoms with Gasteiger partial charge >= 0.3 is 0 Å². The predicted molar refractivity (Wildman–Crippen MR) is 115 cm³/mol. The number of sulfonamides is 1. The molecule has 1 fully saturated rings. The van der Waals surface area contributed by atoms with E-state index in [9.17, 15) is 8.42 Å². The lowest BCUT2D eigenvalue weighted by Gasteiger charge is -2.33. The number of benzene rings is 1. The minimum absolute atomic E-state index is 0.285. The number of aliphatic imine (C=N–C) groups is 1. The van der Waals surface area contributed by atoms with Crippen molar-refractivity contribution in [2.45, 2.75) is 50.5 Å². The van der Waals surface area contributed by atoms with Crippen molar-refractivity contribution >= 4 is 16.0 Å². The topological polar surface area (TPSA) is 85.8 Å². The molecule has 0 aliphatic carbocycles. The third kappa shape index (κ3) is 7.41. The Morgan fingerprint density at radius 2 is 1.86 bits per heavy atom. The number of nitrogens with one attached hydrogen (secondary N) is 3. The quantitative estimate of drug-likeness (QED) is 0.328. The van der Waals surface area contributed by atoms with E-state index in [1.54, 1.807) is 31.3 Å². The monoisotopic (exact) mass is 409 g/mol. The lowest BCUT2D eigenvalue weighted by atomic mass is 10.0. The van der Waals surface area contributed by atoms with Crippen molar-refractivity contribution in [2.75, 3.05) is 39.8 Å². The number of likely N-dealkylation sites (tertiary alicyclic amines) is 1. The van der Waals surface area contributed by atoms with Crippen LogP contribution in [-0.2, 0) is 10.0 Å². The minimum atomic E-state index is -3.48. The Hall–Kier alpha value is -1.64. The van der Waals surface area contributed by atoms with Crippen molar-refractivity contribution < 1.29 is 8.42 Å². The lowest BCUT2D eigenvalue weighted by Crippen LogP contribution is -2.43. The van der Waals surface area contributed by atoms with Crippen molar-refractivity contribution in [3.63, 3.8) is 0 Å². The van der Waals surface area contributed by atoms with Gasteiger partial charge in [-0.15, -0.1) is 0 Å². The number of rotatable bonds is 9. The molecule has 1 unspecified atom stereocenters. The SMILES string of the molecule is CN=C(NCCCN1CCCCC1C)NCCNS(=O)(=O)c1ccc(C)cc1. The van der Waals surface area contributed by atoms with E-state index < -0.39 is 10.0 Å². The van der Waals surface area contributed by atoms with Gasteiger partial charge in [-0.2, -0.15) is 0 Å². The number of guanidine groups is 1. The molecular weight excluding hydrogens is 374 g/mol. The van der Waals surface area contributed by atoms with Crippen LogP contribution in [0.2, 0.25) is 0 Å². The largest absolute Gasteiger partial charge is 0.356 e. The maximum atomic E-state index is 12.3. The van der Waals surface area contributed by atoms with Gasteiger partial charge in [0.1, 0.15) is 0 Å². The van der Waals surface area contributed by atoms with E-state index in [0.29, 0.717) is 25.1 Å². The highest BCUT2D eigenvalue weighted by molar-refractivity contribution is 7.89. The number of hydrogen-bond donors (Lipinski definition) is 3. The fourth-order valence-electron chi connectivity index (χ4n) is 3.37. The van der Waals surface area contributed by atoms with Gasteiger partial charge in [0.05, 0.1) is 4.90 Å². The average molecular weight is 410 g/mol. The smallest absolute Gasteiger partial charge is 0.240 e. The number of piperidine rings is 1. The Balaban J connectivity index is 1.63. The molecule has 1 aromatic carbocycles. The second-order valence-electron chi connectivity index (χ2n) is 7.37. The number of nitrogens with zero attached hydrogens (tertiary/aromatic N) is 2. The van der Waals surface area contributed by atoms with Crippen molar-refractivity contribution in [3.05, 3.63) is 29.8 Å². The van der Waals surface area contributed by atoms with E-state index in [1.807, 2.05) is 6.92 Å². The van der Waals surface area contributed by atoms with Crippen LogP contribution >= 0.6 is 0 Å². The summed E-state index contributed by atoms with van der Waals surface area (Å²) >= 11 is 0. The van der Waals surface area contributed by atoms with Crippen LogP contribution in [0.1, 0.15) is 38.2 Å². The van der Waals surface area contributed by atoms with Gasteiger partial charge < -0.3 is 15.5 Å². The molecule has 1 aromatic rings. The zero-order chi connectivity index (χ0) is 20.4. The van der Waals surface area contributed by atoms with Crippen LogP contribution < -0.4 is 15.4 Å². The van der Waals surface area contributed by atoms with Crippen molar-refractivity contribution in [1.29, 1.82) is 0 Å². The number of aryl methyl sites for hydroxylation is 1. The first kappa shape index (κ1) is 22.6. The fourth-order valence-corrected chi connectivity index (χ4v) is 4.40. The van der Waals surface area contributed by atoms with E-state index in [2.05, 4.69) is 32.2 Å². The normalized spacial score (nSPS) is 18.8. The summed E-state index contributed by atoms with van der Waals surface area (Å²) in [6, 6.07) is 7.52. The van der Waals surface area contributed by atoms with Crippen LogP contribution in [0.25, 0.3) is 0 Å². The molecule has 0 saturated carbocycles. The molecular formula is C20H35N5O2S. The maximum Gasteiger partial charge on any atom is 0.240 e. The highest BCUT2D eigenvalue weighted by Gasteiger charge is 2.17. The highest BCUT2D eigenvalue weighted by Crippen LogP contribution is 2.16. The van der Waals surface area contributed by atoms with Gasteiger partial charge in [-0.3, -0.25) is 4.99 Å². The van der Waals surface area contributed by atoms with Gasteiger partial charge in [-0.25, -0.2) is 13.1 Å². The minimum Gasteiger partial charge on any atom is -0.356 e. The molecule has 1 aliphatic heterocycles. The third-order valence-corrected chi connectivity index (χ3v) is 6.60. The van der Waals surface area contributed by atoms with E-state index in [0.717, 1.165) is 25.1 Å². The van der Waals surface area contributed by atoms with Crippen molar-refractivity contribution in [2.24, 2.45) is 4.99 Å². The summed E-state index contributed by atoms with van der Waals surface area (Å²) < 4.78 is 27.1. The molecule has 0 spiro atoms. The summed E-state index contributed by atoms with van der Waals surface area (Å²) in [5.74, 6) is 0.696. The molecule has 2 rings (SSSR count). The van der Waals surface area contributed by atoms with Crippen LogP contribution in [0, 0.1) is 6.92 Å². The number of hydrogen-bond acceptors (Lipinski definition) is 4. The first-order chi connectivity index (χ1) is 13.4.